The third-order valence-electron chi connectivity index (χ3n) is 3.94. The number of ketones is 1. The van der Waals surface area contributed by atoms with Gasteiger partial charge in [0, 0.05) is 5.41 Å². The van der Waals surface area contributed by atoms with Crippen molar-refractivity contribution < 1.29 is 4.79 Å². The molecule has 2 rings (SSSR count). The van der Waals surface area contributed by atoms with Crippen molar-refractivity contribution in [3.63, 3.8) is 0 Å². The average Bonchev–Trinajstić information content (AvgIpc) is 2.42. The molecule has 1 aliphatic rings. The van der Waals surface area contributed by atoms with Gasteiger partial charge in [0.2, 0.25) is 0 Å². The van der Waals surface area contributed by atoms with Gasteiger partial charge in [-0.2, -0.15) is 0 Å². The molecule has 0 aliphatic carbocycles. The normalized spacial score (nSPS) is 17.2. The second-order valence-electron chi connectivity index (χ2n) is 5.60. The summed E-state index contributed by atoms with van der Waals surface area (Å²) in [5.41, 5.74) is 1.42. The van der Waals surface area contributed by atoms with Crippen LogP contribution in [-0.4, -0.2) is 18.9 Å². The minimum absolute atomic E-state index is 0.0226. The van der Waals surface area contributed by atoms with E-state index in [-0.39, 0.29) is 5.41 Å². The molecule has 2 nitrogen and oxygen atoms in total. The Morgan fingerprint density at radius 3 is 2.21 bits per heavy atom. The zero-order chi connectivity index (χ0) is 14.1. The maximum absolute atomic E-state index is 11.1. The van der Waals surface area contributed by atoms with Gasteiger partial charge >= 0.3 is 0 Å². The largest absolute Gasteiger partial charge is 0.317 e. The van der Waals surface area contributed by atoms with E-state index in [2.05, 4.69) is 49.5 Å². The van der Waals surface area contributed by atoms with Gasteiger partial charge in [-0.25, -0.2) is 0 Å². The molecule has 1 heterocycles. The van der Waals surface area contributed by atoms with E-state index in [0.717, 1.165) is 25.9 Å². The lowest BCUT2D eigenvalue weighted by Gasteiger charge is -2.31. The topological polar surface area (TPSA) is 29.1 Å². The monoisotopic (exact) mass is 261 g/mol. The zero-order valence-electron chi connectivity index (χ0n) is 12.5. The minimum atomic E-state index is -0.0226. The van der Waals surface area contributed by atoms with Crippen LogP contribution in [0.3, 0.4) is 0 Å². The van der Waals surface area contributed by atoms with E-state index in [1.54, 1.807) is 6.92 Å². The van der Waals surface area contributed by atoms with Crippen LogP contribution in [0, 0.1) is 5.41 Å². The Bertz CT molecular complexity index is 366. The Morgan fingerprint density at radius 1 is 1.21 bits per heavy atom. The van der Waals surface area contributed by atoms with Gasteiger partial charge < -0.3 is 5.32 Å². The van der Waals surface area contributed by atoms with Crippen molar-refractivity contribution in [2.45, 2.75) is 46.5 Å². The molecule has 1 fully saturated rings. The molecule has 0 atom stereocenters. The number of aryl methyl sites for hydroxylation is 1. The van der Waals surface area contributed by atoms with Crippen molar-refractivity contribution >= 4 is 5.78 Å². The lowest BCUT2D eigenvalue weighted by atomic mass is 9.78. The molecule has 1 aromatic carbocycles. The first kappa shape index (κ1) is 15.9. The smallest absolute Gasteiger partial charge is 0.135 e. The van der Waals surface area contributed by atoms with Gasteiger partial charge in [-0.15, -0.1) is 0 Å². The van der Waals surface area contributed by atoms with E-state index >= 15 is 0 Å². The number of rotatable bonds is 3. The summed E-state index contributed by atoms with van der Waals surface area (Å²) in [4.78, 5) is 11.1. The van der Waals surface area contributed by atoms with Crippen LogP contribution < -0.4 is 5.32 Å². The van der Waals surface area contributed by atoms with Crippen molar-refractivity contribution in [1.82, 2.24) is 5.32 Å². The number of hydrogen-bond donors (Lipinski definition) is 1. The standard InChI is InChI=1S/C9H12.C8H15NO/c1-2-6-9-7-4-3-5-8-9;1-7(10)8(2)3-5-9-6-4-8/h3-5,7-8H,2,6H2,1H3;9H,3-6H2,1-2H3. The summed E-state index contributed by atoms with van der Waals surface area (Å²) in [5.74, 6) is 0.342. The summed E-state index contributed by atoms with van der Waals surface area (Å²) >= 11 is 0. The fourth-order valence-electron chi connectivity index (χ4n) is 2.26. The number of piperidine rings is 1. The average molecular weight is 261 g/mol. The number of nitrogens with one attached hydrogen (secondary N) is 1. The number of carbonyl (C=O) groups excluding carboxylic acids is 1. The van der Waals surface area contributed by atoms with E-state index in [9.17, 15) is 4.79 Å². The van der Waals surface area contributed by atoms with Crippen LogP contribution in [0.4, 0.5) is 0 Å². The van der Waals surface area contributed by atoms with Crippen LogP contribution in [-0.2, 0) is 11.2 Å². The van der Waals surface area contributed by atoms with Crippen LogP contribution in [0.15, 0.2) is 30.3 Å². The number of hydrogen-bond acceptors (Lipinski definition) is 2. The Kier molecular flexibility index (Phi) is 6.79. The fourth-order valence-corrected chi connectivity index (χ4v) is 2.26. The second-order valence-corrected chi connectivity index (χ2v) is 5.60. The fraction of sp³-hybridized carbons (Fsp3) is 0.588. The molecule has 19 heavy (non-hydrogen) atoms. The molecule has 106 valence electrons. The Morgan fingerprint density at radius 2 is 1.79 bits per heavy atom. The lowest BCUT2D eigenvalue weighted by Crippen LogP contribution is -2.38. The predicted molar refractivity (Wildman–Crippen MR) is 81.3 cm³/mol. The first-order valence-corrected chi connectivity index (χ1v) is 7.34. The lowest BCUT2D eigenvalue weighted by molar-refractivity contribution is -0.126. The highest BCUT2D eigenvalue weighted by atomic mass is 16.1. The minimum Gasteiger partial charge on any atom is -0.317 e. The van der Waals surface area contributed by atoms with Gasteiger partial charge in [0.05, 0.1) is 0 Å². The summed E-state index contributed by atoms with van der Waals surface area (Å²) in [7, 11) is 0. The molecule has 0 unspecified atom stereocenters. The van der Waals surface area contributed by atoms with Crippen molar-refractivity contribution in [3.05, 3.63) is 35.9 Å². The molecular weight excluding hydrogens is 234 g/mol. The van der Waals surface area contributed by atoms with Crippen LogP contribution in [0.2, 0.25) is 0 Å². The highest BCUT2D eigenvalue weighted by Gasteiger charge is 2.30. The first-order valence-electron chi connectivity index (χ1n) is 7.34. The van der Waals surface area contributed by atoms with E-state index in [1.165, 1.54) is 18.4 Å². The molecule has 1 N–H and O–H groups in total. The van der Waals surface area contributed by atoms with E-state index < -0.39 is 0 Å². The van der Waals surface area contributed by atoms with Gasteiger partial charge in [-0.05, 0) is 44.8 Å². The van der Waals surface area contributed by atoms with Crippen molar-refractivity contribution in [3.8, 4) is 0 Å². The third-order valence-corrected chi connectivity index (χ3v) is 3.94. The number of Topliss-reactive ketones (excluding diaryl/α,β-unsaturated/α-hetero) is 1. The van der Waals surface area contributed by atoms with Crippen LogP contribution >= 0.6 is 0 Å². The summed E-state index contributed by atoms with van der Waals surface area (Å²) in [5, 5.41) is 3.24. The summed E-state index contributed by atoms with van der Waals surface area (Å²) < 4.78 is 0. The van der Waals surface area contributed by atoms with E-state index in [1.807, 2.05) is 0 Å². The highest BCUT2D eigenvalue weighted by molar-refractivity contribution is 5.82. The predicted octanol–water partition coefficient (Wildman–Crippen LogP) is 3.60. The zero-order valence-corrected chi connectivity index (χ0v) is 12.5. The van der Waals surface area contributed by atoms with Gasteiger partial charge in [-0.3, -0.25) is 4.79 Å². The summed E-state index contributed by atoms with van der Waals surface area (Å²) in [6.45, 7) is 7.96. The Hall–Kier alpha value is -1.15. The SMILES string of the molecule is CC(=O)C1(C)CCNCC1.CCCc1ccccc1. The summed E-state index contributed by atoms with van der Waals surface area (Å²) in [6, 6.07) is 10.6. The molecule has 2 heteroatoms. The number of benzene rings is 1. The molecule has 0 spiro atoms. The molecule has 1 saturated heterocycles. The maximum atomic E-state index is 11.1. The molecule has 1 aliphatic heterocycles. The maximum Gasteiger partial charge on any atom is 0.135 e. The van der Waals surface area contributed by atoms with Crippen LogP contribution in [0.25, 0.3) is 0 Å². The third kappa shape index (κ3) is 5.56. The number of carbonyl (C=O) groups is 1. The highest BCUT2D eigenvalue weighted by Crippen LogP contribution is 2.28. The van der Waals surface area contributed by atoms with Crippen LogP contribution in [0.5, 0.6) is 0 Å². The molecule has 0 bridgehead atoms. The van der Waals surface area contributed by atoms with Gasteiger partial charge in [0.15, 0.2) is 0 Å². The van der Waals surface area contributed by atoms with Gasteiger partial charge in [0.25, 0.3) is 0 Å². The molecule has 0 amide bonds. The molecule has 0 saturated carbocycles. The molecule has 0 aromatic heterocycles. The molecular formula is C17H27NO. The Labute approximate surface area is 117 Å². The summed E-state index contributed by atoms with van der Waals surface area (Å²) in [6.07, 6.45) is 4.45. The van der Waals surface area contributed by atoms with E-state index in [4.69, 9.17) is 0 Å². The van der Waals surface area contributed by atoms with Crippen LogP contribution in [0.1, 0.15) is 45.6 Å². The molecule has 0 radical (unpaired) electrons. The Balaban J connectivity index is 0.000000191. The van der Waals surface area contributed by atoms with Crippen molar-refractivity contribution in [2.75, 3.05) is 13.1 Å². The van der Waals surface area contributed by atoms with E-state index in [0.29, 0.717) is 5.78 Å². The van der Waals surface area contributed by atoms with Gasteiger partial charge in [-0.1, -0.05) is 50.6 Å². The van der Waals surface area contributed by atoms with Gasteiger partial charge in [0.1, 0.15) is 5.78 Å². The van der Waals surface area contributed by atoms with Crippen molar-refractivity contribution in [2.24, 2.45) is 5.41 Å². The first-order chi connectivity index (χ1) is 9.08. The molecule has 1 aromatic rings. The van der Waals surface area contributed by atoms with Crippen molar-refractivity contribution in [1.29, 1.82) is 0 Å². The second kappa shape index (κ2) is 8.11. The quantitative estimate of drug-likeness (QED) is 0.900.